The lowest BCUT2D eigenvalue weighted by molar-refractivity contribution is 0.660. The highest BCUT2D eigenvalue weighted by Crippen LogP contribution is 2.53. The van der Waals surface area contributed by atoms with Gasteiger partial charge in [0, 0.05) is 32.6 Å². The van der Waals surface area contributed by atoms with E-state index in [0.717, 1.165) is 17.3 Å². The first-order valence-corrected chi connectivity index (χ1v) is 23.3. The predicted molar refractivity (Wildman–Crippen MR) is 268 cm³/mol. The molecule has 0 N–H and O–H groups in total. The maximum atomic E-state index is 4.27. The van der Waals surface area contributed by atoms with Crippen molar-refractivity contribution in [3.8, 4) is 22.3 Å². The molecule has 4 aliphatic rings. The third-order valence-electron chi connectivity index (χ3n) is 13.9. The van der Waals surface area contributed by atoms with Crippen molar-refractivity contribution in [1.82, 2.24) is 0 Å². The second kappa shape index (κ2) is 15.9. The second-order valence-electron chi connectivity index (χ2n) is 17.9. The van der Waals surface area contributed by atoms with Crippen LogP contribution in [-0.2, 0) is 11.8 Å². The van der Waals surface area contributed by atoms with Crippen molar-refractivity contribution in [2.24, 2.45) is 0 Å². The van der Waals surface area contributed by atoms with Crippen LogP contribution < -0.4 is 9.80 Å². The summed E-state index contributed by atoms with van der Waals surface area (Å²) in [6, 6.07) is 54.8. The van der Waals surface area contributed by atoms with Gasteiger partial charge in [0.05, 0.1) is 12.1 Å². The molecule has 4 aliphatic carbocycles. The molecular formula is C59H51BrN2. The molecule has 2 nitrogen and oxygen atoms in total. The van der Waals surface area contributed by atoms with Gasteiger partial charge in [0.1, 0.15) is 0 Å². The van der Waals surface area contributed by atoms with E-state index >= 15 is 0 Å². The lowest BCUT2D eigenvalue weighted by atomic mass is 9.79. The molecule has 3 heteroatoms. The number of halogens is 1. The van der Waals surface area contributed by atoms with Gasteiger partial charge in [-0.1, -0.05) is 141 Å². The van der Waals surface area contributed by atoms with E-state index < -0.39 is 0 Å². The van der Waals surface area contributed by atoms with E-state index in [4.69, 9.17) is 0 Å². The van der Waals surface area contributed by atoms with Gasteiger partial charge < -0.3 is 9.80 Å². The molecule has 62 heavy (non-hydrogen) atoms. The molecule has 0 saturated carbocycles. The van der Waals surface area contributed by atoms with Crippen molar-refractivity contribution in [2.75, 3.05) is 9.80 Å². The molecule has 7 aromatic carbocycles. The van der Waals surface area contributed by atoms with Crippen molar-refractivity contribution in [1.29, 1.82) is 0 Å². The Kier molecular flexibility index (Phi) is 9.96. The normalized spacial score (nSPS) is 18.2. The molecule has 0 spiro atoms. The number of benzene rings is 7. The third-order valence-corrected chi connectivity index (χ3v) is 14.8. The highest BCUT2D eigenvalue weighted by molar-refractivity contribution is 9.10. The summed E-state index contributed by atoms with van der Waals surface area (Å²) in [7, 11) is 0. The number of anilines is 4. The van der Waals surface area contributed by atoms with Gasteiger partial charge in [0.25, 0.3) is 0 Å². The zero-order valence-corrected chi connectivity index (χ0v) is 37.2. The Labute approximate surface area is 375 Å². The number of fused-ring (bicyclic) bond motifs is 5. The SMILES string of the molecule is CC1(C)c2cc(C3=CCCCC3)ccc2-c2ccc(-c3c4c(c(Br)c5cc(N(c6ccccc6)C6C=CC=CC6)ccc35)C=CC(N(c3ccccc3)c3ccccc3)C4)cc21. The minimum Gasteiger partial charge on any atom is -0.334 e. The fourth-order valence-electron chi connectivity index (χ4n) is 10.8. The average Bonchev–Trinajstić information content (AvgIpc) is 3.55. The Bertz CT molecular complexity index is 2920. The van der Waals surface area contributed by atoms with Gasteiger partial charge in [0.15, 0.2) is 0 Å². The maximum absolute atomic E-state index is 4.27. The van der Waals surface area contributed by atoms with Gasteiger partial charge in [-0.3, -0.25) is 0 Å². The van der Waals surface area contributed by atoms with E-state index in [2.05, 4.69) is 228 Å². The van der Waals surface area contributed by atoms with Crippen molar-refractivity contribution in [2.45, 2.75) is 69.9 Å². The van der Waals surface area contributed by atoms with Gasteiger partial charge in [0.2, 0.25) is 0 Å². The minimum absolute atomic E-state index is 0.108. The molecule has 0 bridgehead atoms. The summed E-state index contributed by atoms with van der Waals surface area (Å²) in [5, 5.41) is 2.50. The van der Waals surface area contributed by atoms with Gasteiger partial charge in [-0.25, -0.2) is 0 Å². The first-order chi connectivity index (χ1) is 30.4. The summed E-state index contributed by atoms with van der Waals surface area (Å²) in [4.78, 5) is 5.01. The molecule has 7 aromatic rings. The number of rotatable bonds is 8. The van der Waals surface area contributed by atoms with E-state index in [1.165, 1.54) is 115 Å². The Morgan fingerprint density at radius 2 is 1.21 bits per heavy atom. The van der Waals surface area contributed by atoms with Crippen LogP contribution in [0.25, 0.3) is 44.7 Å². The van der Waals surface area contributed by atoms with Crippen molar-refractivity contribution >= 4 is 61.1 Å². The van der Waals surface area contributed by atoms with Crippen LogP contribution in [0.3, 0.4) is 0 Å². The zero-order valence-electron chi connectivity index (χ0n) is 35.6. The molecular weight excluding hydrogens is 817 g/mol. The summed E-state index contributed by atoms with van der Waals surface area (Å²) in [6.45, 7) is 4.87. The Hall–Kier alpha value is -6.16. The number of hydrogen-bond donors (Lipinski definition) is 0. The van der Waals surface area contributed by atoms with Crippen LogP contribution in [-0.4, -0.2) is 12.1 Å². The first kappa shape index (κ1) is 38.7. The summed E-state index contributed by atoms with van der Waals surface area (Å²) in [6.07, 6.45) is 23.0. The fourth-order valence-corrected chi connectivity index (χ4v) is 11.5. The van der Waals surface area contributed by atoms with Crippen LogP contribution in [0.2, 0.25) is 0 Å². The summed E-state index contributed by atoms with van der Waals surface area (Å²) < 4.78 is 1.15. The monoisotopic (exact) mass is 866 g/mol. The predicted octanol–water partition coefficient (Wildman–Crippen LogP) is 16.3. The largest absolute Gasteiger partial charge is 0.334 e. The number of nitrogens with zero attached hydrogens (tertiary/aromatic N) is 2. The van der Waals surface area contributed by atoms with E-state index in [-0.39, 0.29) is 17.5 Å². The quantitative estimate of drug-likeness (QED) is 0.150. The smallest absolute Gasteiger partial charge is 0.0566 e. The lowest BCUT2D eigenvalue weighted by Gasteiger charge is -2.36. The van der Waals surface area contributed by atoms with Gasteiger partial charge in [-0.05, 0) is 182 Å². The number of para-hydroxylation sites is 3. The first-order valence-electron chi connectivity index (χ1n) is 22.5. The third kappa shape index (κ3) is 6.70. The number of allylic oxidation sites excluding steroid dienone is 4. The van der Waals surface area contributed by atoms with Crippen LogP contribution in [0.1, 0.15) is 73.8 Å². The van der Waals surface area contributed by atoms with Crippen LogP contribution in [0, 0.1) is 0 Å². The molecule has 0 heterocycles. The van der Waals surface area contributed by atoms with Crippen molar-refractivity contribution in [3.63, 3.8) is 0 Å². The molecule has 0 radical (unpaired) electrons. The summed E-state index contributed by atoms with van der Waals surface area (Å²) >= 11 is 4.27. The molecule has 0 amide bonds. The number of hydrogen-bond acceptors (Lipinski definition) is 2. The highest BCUT2D eigenvalue weighted by Gasteiger charge is 2.37. The van der Waals surface area contributed by atoms with Gasteiger partial charge in [-0.15, -0.1) is 0 Å². The van der Waals surface area contributed by atoms with E-state index in [9.17, 15) is 0 Å². The van der Waals surface area contributed by atoms with Crippen molar-refractivity contribution < 1.29 is 0 Å². The molecule has 0 aliphatic heterocycles. The second-order valence-corrected chi connectivity index (χ2v) is 18.7. The summed E-state index contributed by atoms with van der Waals surface area (Å²) in [5.41, 5.74) is 18.4. The van der Waals surface area contributed by atoms with E-state index in [1.54, 1.807) is 0 Å². The molecule has 2 atom stereocenters. The highest BCUT2D eigenvalue weighted by atomic mass is 79.9. The average molecular weight is 868 g/mol. The summed E-state index contributed by atoms with van der Waals surface area (Å²) in [5.74, 6) is 0. The Morgan fingerprint density at radius 1 is 0.581 bits per heavy atom. The van der Waals surface area contributed by atoms with Crippen LogP contribution >= 0.6 is 15.9 Å². The van der Waals surface area contributed by atoms with E-state index in [0.29, 0.717) is 0 Å². The minimum atomic E-state index is -0.137. The van der Waals surface area contributed by atoms with Gasteiger partial charge >= 0.3 is 0 Å². The Morgan fingerprint density at radius 3 is 1.82 bits per heavy atom. The topological polar surface area (TPSA) is 6.48 Å². The van der Waals surface area contributed by atoms with Gasteiger partial charge in [-0.2, -0.15) is 0 Å². The molecule has 304 valence electrons. The lowest BCUT2D eigenvalue weighted by Crippen LogP contribution is -2.33. The van der Waals surface area contributed by atoms with E-state index in [1.807, 2.05) is 0 Å². The maximum Gasteiger partial charge on any atom is 0.0566 e. The van der Waals surface area contributed by atoms with Crippen LogP contribution in [0.15, 0.2) is 187 Å². The molecule has 2 unspecified atom stereocenters. The zero-order chi connectivity index (χ0) is 41.8. The van der Waals surface area contributed by atoms with Crippen molar-refractivity contribution in [3.05, 3.63) is 214 Å². The Balaban J connectivity index is 1.10. The fraction of sp³-hybridized carbons (Fsp3) is 0.186. The van der Waals surface area contributed by atoms with Crippen LogP contribution in [0.5, 0.6) is 0 Å². The standard InChI is InChI=1S/C59H51BrN2/c1-59(2)55-36-41(40-18-8-3-9-19-40)28-32-49(55)50-33-29-42(37-56(50)59)57-51-34-30-48(62(45-24-14-6-15-25-45)46-26-16-7-17-27-46)39-54(51)58(60)52-35-31-47(38-53(52)57)61(43-20-10-4-11-21-43)44-22-12-5-13-23-44/h4-7,10-18,20-26,28-37,39,46-47H,3,8-9,19,27,38H2,1-2H3. The van der Waals surface area contributed by atoms with Crippen LogP contribution in [0.4, 0.5) is 22.7 Å². The molecule has 0 aromatic heterocycles. The molecule has 11 rings (SSSR count). The molecule has 0 saturated heterocycles. The molecule has 0 fully saturated rings.